The van der Waals surface area contributed by atoms with Crippen LogP contribution in [0.1, 0.15) is 0 Å². The summed E-state index contributed by atoms with van der Waals surface area (Å²) in [6.45, 7) is 0. The van der Waals surface area contributed by atoms with Gasteiger partial charge in [-0.2, -0.15) is 0 Å². The van der Waals surface area contributed by atoms with Gasteiger partial charge in [0.15, 0.2) is 23.0 Å². The van der Waals surface area contributed by atoms with E-state index < -0.39 is 11.6 Å². The zero-order chi connectivity index (χ0) is 20.0. The van der Waals surface area contributed by atoms with E-state index in [4.69, 9.17) is 27.9 Å². The standard InChI is InChI=1S/C19H11Cl2F2N3O2/c1-25-19(27)17(16-12(20)3-2-4-13(16)21)18-24-8-11(9-26(18)25)28-15-6-5-10(22)7-14(15)23/h2-9H,1H3. The van der Waals surface area contributed by atoms with Crippen LogP contribution in [0, 0.1) is 11.6 Å². The van der Waals surface area contributed by atoms with E-state index in [0.717, 1.165) is 6.07 Å². The van der Waals surface area contributed by atoms with E-state index in [1.54, 1.807) is 18.2 Å². The highest BCUT2D eigenvalue weighted by Crippen LogP contribution is 2.35. The predicted molar refractivity (Wildman–Crippen MR) is 102 cm³/mol. The maximum absolute atomic E-state index is 13.8. The number of hydrogen-bond donors (Lipinski definition) is 0. The number of benzene rings is 2. The Labute approximate surface area is 167 Å². The Morgan fingerprint density at radius 3 is 2.46 bits per heavy atom. The molecule has 142 valence electrons. The molecule has 0 aliphatic heterocycles. The van der Waals surface area contributed by atoms with E-state index in [0.29, 0.717) is 27.3 Å². The van der Waals surface area contributed by atoms with Crippen LogP contribution in [0.5, 0.6) is 11.5 Å². The molecule has 0 aliphatic rings. The first-order chi connectivity index (χ1) is 13.4. The van der Waals surface area contributed by atoms with Gasteiger partial charge in [-0.3, -0.25) is 4.79 Å². The van der Waals surface area contributed by atoms with Crippen LogP contribution in [-0.4, -0.2) is 14.2 Å². The lowest BCUT2D eigenvalue weighted by atomic mass is 10.1. The molecule has 0 unspecified atom stereocenters. The molecular weight excluding hydrogens is 411 g/mol. The topological polar surface area (TPSA) is 48.5 Å². The molecule has 2 aromatic carbocycles. The highest BCUT2D eigenvalue weighted by molar-refractivity contribution is 6.39. The zero-order valence-corrected chi connectivity index (χ0v) is 15.8. The molecule has 2 aromatic heterocycles. The Morgan fingerprint density at radius 2 is 1.79 bits per heavy atom. The maximum Gasteiger partial charge on any atom is 0.277 e. The molecule has 28 heavy (non-hydrogen) atoms. The fourth-order valence-electron chi connectivity index (χ4n) is 2.86. The van der Waals surface area contributed by atoms with Gasteiger partial charge in [-0.15, -0.1) is 0 Å². The summed E-state index contributed by atoms with van der Waals surface area (Å²) in [5.74, 6) is -1.59. The Morgan fingerprint density at radius 1 is 1.07 bits per heavy atom. The van der Waals surface area contributed by atoms with Gasteiger partial charge in [-0.25, -0.2) is 23.0 Å². The van der Waals surface area contributed by atoms with Gasteiger partial charge in [-0.05, 0) is 24.3 Å². The van der Waals surface area contributed by atoms with Gasteiger partial charge in [-0.1, -0.05) is 29.3 Å². The highest BCUT2D eigenvalue weighted by Gasteiger charge is 2.21. The number of rotatable bonds is 3. The van der Waals surface area contributed by atoms with Crippen molar-refractivity contribution in [3.63, 3.8) is 0 Å². The molecule has 2 heterocycles. The summed E-state index contributed by atoms with van der Waals surface area (Å²) >= 11 is 12.5. The lowest BCUT2D eigenvalue weighted by Crippen LogP contribution is -2.16. The molecule has 0 spiro atoms. The third kappa shape index (κ3) is 3.02. The predicted octanol–water partition coefficient (Wildman–Crippen LogP) is 5.08. The molecule has 0 atom stereocenters. The van der Waals surface area contributed by atoms with E-state index in [2.05, 4.69) is 4.98 Å². The molecule has 0 amide bonds. The smallest absolute Gasteiger partial charge is 0.277 e. The molecule has 4 rings (SSSR count). The molecule has 4 aromatic rings. The van der Waals surface area contributed by atoms with Gasteiger partial charge < -0.3 is 4.74 Å². The molecule has 0 radical (unpaired) electrons. The van der Waals surface area contributed by atoms with Gasteiger partial charge in [0.25, 0.3) is 5.56 Å². The van der Waals surface area contributed by atoms with Crippen molar-refractivity contribution in [3.05, 3.63) is 80.8 Å². The third-order valence-corrected chi connectivity index (χ3v) is 4.80. The molecule has 0 bridgehead atoms. The molecule has 0 saturated carbocycles. The van der Waals surface area contributed by atoms with Gasteiger partial charge in [0.1, 0.15) is 5.82 Å². The average molecular weight is 422 g/mol. The molecule has 0 saturated heterocycles. The fourth-order valence-corrected chi connectivity index (χ4v) is 3.44. The largest absolute Gasteiger partial charge is 0.451 e. The molecule has 0 N–H and O–H groups in total. The van der Waals surface area contributed by atoms with Crippen molar-refractivity contribution in [1.82, 2.24) is 14.2 Å². The van der Waals surface area contributed by atoms with Crippen molar-refractivity contribution in [2.24, 2.45) is 7.05 Å². The second-order valence-corrected chi connectivity index (χ2v) is 6.75. The minimum atomic E-state index is -0.856. The summed E-state index contributed by atoms with van der Waals surface area (Å²) in [7, 11) is 1.54. The summed E-state index contributed by atoms with van der Waals surface area (Å²) in [6, 6.07) is 7.88. The van der Waals surface area contributed by atoms with E-state index in [1.807, 2.05) is 0 Å². The molecule has 0 fully saturated rings. The first-order valence-corrected chi connectivity index (χ1v) is 8.77. The first kappa shape index (κ1) is 18.5. The van der Waals surface area contributed by atoms with Crippen LogP contribution in [0.4, 0.5) is 8.78 Å². The molecular formula is C19H11Cl2F2N3O2. The molecule has 0 aliphatic carbocycles. The Hall–Kier alpha value is -2.90. The first-order valence-electron chi connectivity index (χ1n) is 8.01. The summed E-state index contributed by atoms with van der Waals surface area (Å²) in [6.07, 6.45) is 2.78. The van der Waals surface area contributed by atoms with Crippen LogP contribution in [0.3, 0.4) is 0 Å². The summed E-state index contributed by atoms with van der Waals surface area (Å²) in [5.41, 5.74) is 0.541. The van der Waals surface area contributed by atoms with Crippen molar-refractivity contribution < 1.29 is 13.5 Å². The Kier molecular flexibility index (Phi) is 4.56. The normalized spacial score (nSPS) is 11.2. The van der Waals surface area contributed by atoms with Crippen LogP contribution in [0.25, 0.3) is 16.8 Å². The monoisotopic (exact) mass is 421 g/mol. The Bertz CT molecular complexity index is 1260. The average Bonchev–Trinajstić information content (AvgIpc) is 2.89. The second-order valence-electron chi connectivity index (χ2n) is 5.94. The van der Waals surface area contributed by atoms with E-state index in [9.17, 15) is 13.6 Å². The van der Waals surface area contributed by atoms with Crippen LogP contribution in [0.15, 0.2) is 53.6 Å². The lowest BCUT2D eigenvalue weighted by molar-refractivity contribution is 0.431. The van der Waals surface area contributed by atoms with Gasteiger partial charge in [0, 0.05) is 18.7 Å². The summed E-state index contributed by atoms with van der Waals surface area (Å²) in [4.78, 5) is 17.1. The minimum absolute atomic E-state index is 0.153. The quantitative estimate of drug-likeness (QED) is 0.463. The lowest BCUT2D eigenvalue weighted by Gasteiger charge is -2.08. The summed E-state index contributed by atoms with van der Waals surface area (Å²) < 4.78 is 35.1. The second kappa shape index (κ2) is 6.92. The fraction of sp³-hybridized carbons (Fsp3) is 0.0526. The maximum atomic E-state index is 13.8. The van der Waals surface area contributed by atoms with Crippen molar-refractivity contribution in [3.8, 4) is 22.6 Å². The van der Waals surface area contributed by atoms with Gasteiger partial charge in [0.05, 0.1) is 28.0 Å². The minimum Gasteiger partial charge on any atom is -0.451 e. The SMILES string of the molecule is Cn1c(=O)c(-c2c(Cl)cccc2Cl)c2ncc(Oc3ccc(F)cc3F)cn21. The number of halogens is 4. The van der Waals surface area contributed by atoms with Crippen molar-refractivity contribution in [2.75, 3.05) is 0 Å². The van der Waals surface area contributed by atoms with Gasteiger partial charge in [0.2, 0.25) is 0 Å². The van der Waals surface area contributed by atoms with Crippen molar-refractivity contribution >= 4 is 28.8 Å². The van der Waals surface area contributed by atoms with E-state index in [-0.39, 0.29) is 22.6 Å². The van der Waals surface area contributed by atoms with E-state index in [1.165, 1.54) is 34.7 Å². The van der Waals surface area contributed by atoms with Crippen molar-refractivity contribution in [1.29, 1.82) is 0 Å². The van der Waals surface area contributed by atoms with Crippen LogP contribution < -0.4 is 10.3 Å². The number of aromatic nitrogens is 3. The van der Waals surface area contributed by atoms with Crippen LogP contribution in [-0.2, 0) is 7.05 Å². The number of fused-ring (bicyclic) bond motifs is 1. The zero-order valence-electron chi connectivity index (χ0n) is 14.3. The van der Waals surface area contributed by atoms with E-state index >= 15 is 0 Å². The Balaban J connectivity index is 1.86. The van der Waals surface area contributed by atoms with Gasteiger partial charge >= 0.3 is 0 Å². The highest BCUT2D eigenvalue weighted by atomic mass is 35.5. The third-order valence-electron chi connectivity index (χ3n) is 4.17. The molecule has 9 heteroatoms. The molecule has 5 nitrogen and oxygen atoms in total. The number of hydrogen-bond acceptors (Lipinski definition) is 3. The van der Waals surface area contributed by atoms with Crippen LogP contribution >= 0.6 is 23.2 Å². The van der Waals surface area contributed by atoms with Crippen molar-refractivity contribution in [2.45, 2.75) is 0 Å². The number of ether oxygens (including phenoxy) is 1. The van der Waals surface area contributed by atoms with Crippen LogP contribution in [0.2, 0.25) is 10.0 Å². The number of nitrogens with zero attached hydrogens (tertiary/aromatic N) is 3. The number of aryl methyl sites for hydroxylation is 1. The summed E-state index contributed by atoms with van der Waals surface area (Å²) in [5, 5.41) is 0.626.